The third kappa shape index (κ3) is 4.51. The molecule has 0 spiro atoms. The summed E-state index contributed by atoms with van der Waals surface area (Å²) >= 11 is 0. The Morgan fingerprint density at radius 3 is 2.68 bits per heavy atom. The first-order chi connectivity index (χ1) is 12.7. The number of halogens is 2. The Hall–Kier alpha value is -2.87. The molecule has 3 aromatic rings. The molecule has 0 amide bonds. The monoisotopic (exact) mass is 418 g/mol. The third-order valence-corrected chi connectivity index (χ3v) is 4.16. The number of aromatic hydroxyl groups is 1. The van der Waals surface area contributed by atoms with Gasteiger partial charge in [-0.2, -0.15) is 4.98 Å². The minimum Gasteiger partial charge on any atom is -0.492 e. The topological polar surface area (TPSA) is 112 Å². The van der Waals surface area contributed by atoms with Gasteiger partial charge in [0, 0.05) is 6.54 Å². The minimum absolute atomic E-state index is 0. The lowest BCUT2D eigenvalue weighted by molar-refractivity contribution is 0.455. The Balaban J connectivity index is 0.00000140. The quantitative estimate of drug-likeness (QED) is 0.508. The number of anilines is 1. The van der Waals surface area contributed by atoms with Crippen molar-refractivity contribution < 1.29 is 5.11 Å². The summed E-state index contributed by atoms with van der Waals surface area (Å²) in [6, 6.07) is 15.5. The molecule has 2 aromatic carbocycles. The number of imidazole rings is 1. The second-order valence-corrected chi connectivity index (χ2v) is 5.93. The van der Waals surface area contributed by atoms with Crippen LogP contribution in [0, 0.1) is 0 Å². The van der Waals surface area contributed by atoms with Gasteiger partial charge in [0.25, 0.3) is 0 Å². The summed E-state index contributed by atoms with van der Waals surface area (Å²) in [5.74, 6) is 0.382. The van der Waals surface area contributed by atoms with E-state index < -0.39 is 0 Å². The van der Waals surface area contributed by atoms with Gasteiger partial charge in [0.15, 0.2) is 0 Å². The summed E-state index contributed by atoms with van der Waals surface area (Å²) < 4.78 is 0. The van der Waals surface area contributed by atoms with Crippen molar-refractivity contribution in [3.8, 4) is 5.88 Å². The number of H-pyrrole nitrogens is 1. The number of hydrogen-bond donors (Lipinski definition) is 4. The maximum absolute atomic E-state index is 10.1. The SMILES string of the molecule is Cl.Cl.NC[C@H](Nc1nc(O)c(/C=c2\ccc3c(c2)N=CN=3)[nH]1)c1ccccc1. The first kappa shape index (κ1) is 21.4. The van der Waals surface area contributed by atoms with Crippen LogP contribution in [-0.4, -0.2) is 28.0 Å². The highest BCUT2D eigenvalue weighted by Gasteiger charge is 2.13. The van der Waals surface area contributed by atoms with Crippen molar-refractivity contribution in [2.45, 2.75) is 6.04 Å². The molecule has 0 bridgehead atoms. The number of nitrogens with zero attached hydrogens (tertiary/aromatic N) is 3. The molecule has 0 radical (unpaired) electrons. The maximum Gasteiger partial charge on any atom is 0.238 e. The van der Waals surface area contributed by atoms with Gasteiger partial charge in [-0.3, -0.25) is 0 Å². The van der Waals surface area contributed by atoms with Crippen molar-refractivity contribution >= 4 is 48.9 Å². The third-order valence-electron chi connectivity index (χ3n) is 4.16. The van der Waals surface area contributed by atoms with E-state index >= 15 is 0 Å². The summed E-state index contributed by atoms with van der Waals surface area (Å²) in [6.45, 7) is 0.400. The van der Waals surface area contributed by atoms with Gasteiger partial charge in [-0.25, -0.2) is 9.98 Å². The zero-order valence-electron chi connectivity index (χ0n) is 14.7. The van der Waals surface area contributed by atoms with Gasteiger partial charge in [0.1, 0.15) is 12.0 Å². The molecule has 9 heteroatoms. The zero-order chi connectivity index (χ0) is 17.9. The van der Waals surface area contributed by atoms with E-state index in [-0.39, 0.29) is 36.7 Å². The fraction of sp³-hybridized carbons (Fsp3) is 0.105. The highest BCUT2D eigenvalue weighted by molar-refractivity contribution is 5.85. The molecule has 5 N–H and O–H groups in total. The van der Waals surface area contributed by atoms with Crippen molar-refractivity contribution in [2.24, 2.45) is 15.7 Å². The number of nitrogens with one attached hydrogen (secondary N) is 2. The van der Waals surface area contributed by atoms with E-state index in [9.17, 15) is 5.11 Å². The van der Waals surface area contributed by atoms with Crippen LogP contribution in [0.4, 0.5) is 11.6 Å². The number of rotatable bonds is 5. The highest BCUT2D eigenvalue weighted by Crippen LogP contribution is 2.21. The Morgan fingerprint density at radius 2 is 1.93 bits per heavy atom. The Morgan fingerprint density at radius 1 is 1.14 bits per heavy atom. The standard InChI is InChI=1S/C19H18N6O.2ClH/c20-10-17(13-4-2-1-3-5-13)24-19-23-16(18(26)25-19)9-12-6-7-14-15(8-12)22-11-21-14;;/h1-9,11,17,26H,10,20H2,(H2,23,24,25);2*1H/b12-9+;;/t17-;;/m0../s1. The Labute approximate surface area is 174 Å². The van der Waals surface area contributed by atoms with Crippen molar-refractivity contribution in [2.75, 3.05) is 11.9 Å². The van der Waals surface area contributed by atoms with Gasteiger partial charge >= 0.3 is 0 Å². The van der Waals surface area contributed by atoms with Crippen molar-refractivity contribution in [1.29, 1.82) is 0 Å². The molecule has 28 heavy (non-hydrogen) atoms. The molecule has 1 aromatic heterocycles. The van der Waals surface area contributed by atoms with E-state index in [1.807, 2.05) is 54.6 Å². The van der Waals surface area contributed by atoms with Crippen LogP contribution in [0.15, 0.2) is 58.5 Å². The summed E-state index contributed by atoms with van der Waals surface area (Å²) in [5, 5.41) is 15.1. The van der Waals surface area contributed by atoms with E-state index in [1.165, 1.54) is 6.34 Å². The van der Waals surface area contributed by atoms with Gasteiger partial charge in [0.05, 0.1) is 17.1 Å². The molecule has 1 aliphatic rings. The summed E-state index contributed by atoms with van der Waals surface area (Å²) in [5.41, 5.74) is 8.25. The lowest BCUT2D eigenvalue weighted by Gasteiger charge is -2.16. The van der Waals surface area contributed by atoms with Crippen LogP contribution in [0.1, 0.15) is 17.3 Å². The van der Waals surface area contributed by atoms with Crippen LogP contribution < -0.4 is 21.6 Å². The first-order valence-corrected chi connectivity index (χ1v) is 8.25. The largest absolute Gasteiger partial charge is 0.492 e. The summed E-state index contributed by atoms with van der Waals surface area (Å²) in [6.07, 6.45) is 3.34. The van der Waals surface area contributed by atoms with E-state index in [2.05, 4.69) is 25.3 Å². The molecule has 1 atom stereocenters. The number of hydrogen-bond acceptors (Lipinski definition) is 6. The van der Waals surface area contributed by atoms with E-state index in [0.717, 1.165) is 21.8 Å². The lowest BCUT2D eigenvalue weighted by atomic mass is 10.1. The van der Waals surface area contributed by atoms with E-state index in [0.29, 0.717) is 18.2 Å². The smallest absolute Gasteiger partial charge is 0.238 e. The maximum atomic E-state index is 10.1. The van der Waals surface area contributed by atoms with Crippen LogP contribution in [-0.2, 0) is 0 Å². The minimum atomic E-state index is -0.106. The molecule has 0 saturated carbocycles. The van der Waals surface area contributed by atoms with Crippen LogP contribution >= 0.6 is 24.8 Å². The summed E-state index contributed by atoms with van der Waals surface area (Å²) in [4.78, 5) is 15.6. The van der Waals surface area contributed by atoms with Crippen LogP contribution in [0.2, 0.25) is 0 Å². The van der Waals surface area contributed by atoms with Gasteiger partial charge in [-0.15, -0.1) is 24.8 Å². The van der Waals surface area contributed by atoms with Gasteiger partial charge < -0.3 is 21.1 Å². The number of aliphatic imine (C=N–C) groups is 1. The number of nitrogens with two attached hydrogens (primary N) is 1. The van der Waals surface area contributed by atoms with Crippen molar-refractivity contribution in [1.82, 2.24) is 9.97 Å². The average molecular weight is 419 g/mol. The van der Waals surface area contributed by atoms with Gasteiger partial charge in [-0.05, 0) is 29.0 Å². The van der Waals surface area contributed by atoms with E-state index in [4.69, 9.17) is 5.73 Å². The molecular formula is C19H20Cl2N6O. The Bertz CT molecular complexity index is 1080. The molecule has 2 heterocycles. The second kappa shape index (κ2) is 9.36. The van der Waals surface area contributed by atoms with Crippen molar-refractivity contribution in [3.63, 3.8) is 0 Å². The fourth-order valence-electron chi connectivity index (χ4n) is 2.84. The number of aromatic amines is 1. The molecule has 146 valence electrons. The van der Waals surface area contributed by atoms with E-state index in [1.54, 1.807) is 0 Å². The van der Waals surface area contributed by atoms with Gasteiger partial charge in [-0.1, -0.05) is 36.4 Å². The number of benzene rings is 2. The average Bonchev–Trinajstić information content (AvgIpc) is 3.26. The lowest BCUT2D eigenvalue weighted by Crippen LogP contribution is -2.21. The predicted molar refractivity (Wildman–Crippen MR) is 116 cm³/mol. The van der Waals surface area contributed by atoms with Gasteiger partial charge in [0.2, 0.25) is 11.8 Å². The zero-order valence-corrected chi connectivity index (χ0v) is 16.4. The molecule has 0 saturated heterocycles. The molecule has 0 aliphatic carbocycles. The molecular weight excluding hydrogens is 399 g/mol. The highest BCUT2D eigenvalue weighted by atomic mass is 35.5. The second-order valence-electron chi connectivity index (χ2n) is 5.93. The van der Waals surface area contributed by atoms with Crippen LogP contribution in [0.5, 0.6) is 5.88 Å². The molecule has 1 aliphatic heterocycles. The Kier molecular flexibility index (Phi) is 7.17. The van der Waals surface area contributed by atoms with Crippen molar-refractivity contribution in [3.05, 3.63) is 70.4 Å². The van der Waals surface area contributed by atoms with Crippen LogP contribution in [0.3, 0.4) is 0 Å². The molecule has 0 unspecified atom stereocenters. The number of fused-ring (bicyclic) bond motifs is 1. The number of aromatic nitrogens is 2. The molecule has 0 fully saturated rings. The molecule has 4 rings (SSSR count). The fourth-order valence-corrected chi connectivity index (χ4v) is 2.84. The normalized spacial score (nSPS) is 13.1. The van der Waals surface area contributed by atoms with Crippen LogP contribution in [0.25, 0.3) is 6.08 Å². The summed E-state index contributed by atoms with van der Waals surface area (Å²) in [7, 11) is 0. The predicted octanol–water partition coefficient (Wildman–Crippen LogP) is 2.19. The molecule has 7 nitrogen and oxygen atoms in total. The first-order valence-electron chi connectivity index (χ1n) is 8.25.